The third-order valence-corrected chi connectivity index (χ3v) is 2.69. The maximum Gasteiger partial charge on any atom is 0.356 e. The summed E-state index contributed by atoms with van der Waals surface area (Å²) in [4.78, 5) is 37.7. The van der Waals surface area contributed by atoms with Crippen LogP contribution in [0.15, 0.2) is 18.2 Å². The molecule has 0 bridgehead atoms. The number of nitrogens with zero attached hydrogens (tertiary/aromatic N) is 1. The van der Waals surface area contributed by atoms with E-state index in [-0.39, 0.29) is 0 Å². The van der Waals surface area contributed by atoms with E-state index in [4.69, 9.17) is 14.9 Å². The lowest BCUT2D eigenvalue weighted by Gasteiger charge is -2.04. The van der Waals surface area contributed by atoms with Crippen molar-refractivity contribution in [3.8, 4) is 0 Å². The van der Waals surface area contributed by atoms with Crippen LogP contribution in [0.4, 0.5) is 5.69 Å². The van der Waals surface area contributed by atoms with Gasteiger partial charge in [0.05, 0.1) is 10.2 Å². The van der Waals surface area contributed by atoms with Crippen molar-refractivity contribution in [1.82, 2.24) is 0 Å². The van der Waals surface area contributed by atoms with E-state index in [0.717, 1.165) is 12.1 Å². The van der Waals surface area contributed by atoms with E-state index < -0.39 is 35.0 Å². The summed E-state index contributed by atoms with van der Waals surface area (Å²) < 4.78 is 10.8. The molecule has 0 fully saturated rings. The molecule has 9 heteroatoms. The summed E-state index contributed by atoms with van der Waals surface area (Å²) in [5.41, 5.74) is -1.48. The highest BCUT2D eigenvalue weighted by molar-refractivity contribution is 7.60. The fourth-order valence-corrected chi connectivity index (χ4v) is 1.60. The van der Waals surface area contributed by atoms with E-state index >= 15 is 0 Å². The maximum absolute atomic E-state index is 10.8. The molecule has 0 saturated carbocycles. The number of carboxylic acid groups (broad SMARTS) is 1. The van der Waals surface area contributed by atoms with Crippen molar-refractivity contribution in [2.45, 2.75) is 0 Å². The lowest BCUT2D eigenvalue weighted by Crippen LogP contribution is -2.10. The van der Waals surface area contributed by atoms with Gasteiger partial charge in [0.15, 0.2) is 0 Å². The van der Waals surface area contributed by atoms with Gasteiger partial charge in [-0.25, -0.2) is 4.79 Å². The van der Waals surface area contributed by atoms with Crippen LogP contribution >= 0.6 is 7.60 Å². The molecule has 1 aromatic carbocycles. The Morgan fingerprint density at radius 1 is 1.38 bits per heavy atom. The number of nitro benzene ring substituents is 1. The molecule has 0 radical (unpaired) electrons. The zero-order valence-corrected chi connectivity index (χ0v) is 8.50. The zero-order valence-electron chi connectivity index (χ0n) is 7.60. The monoisotopic (exact) mass is 247 g/mol. The number of hydrogen-bond acceptors (Lipinski definition) is 4. The fourth-order valence-electron chi connectivity index (χ4n) is 1.04. The normalized spacial score (nSPS) is 11.1. The second kappa shape index (κ2) is 4.01. The van der Waals surface area contributed by atoms with E-state index in [9.17, 15) is 19.5 Å². The molecule has 16 heavy (non-hydrogen) atoms. The van der Waals surface area contributed by atoms with Gasteiger partial charge >= 0.3 is 13.6 Å². The van der Waals surface area contributed by atoms with Crippen LogP contribution in [0.5, 0.6) is 0 Å². The summed E-state index contributed by atoms with van der Waals surface area (Å²) in [7, 11) is -4.62. The highest BCUT2D eigenvalue weighted by atomic mass is 31.2. The van der Waals surface area contributed by atoms with Gasteiger partial charge in [0.2, 0.25) is 0 Å². The number of aromatic carboxylic acids is 1. The van der Waals surface area contributed by atoms with E-state index in [0.29, 0.717) is 6.07 Å². The molecule has 1 aromatic rings. The second-order valence-electron chi connectivity index (χ2n) is 2.81. The Balaban J connectivity index is 3.46. The number of carbonyl (C=O) groups is 1. The first kappa shape index (κ1) is 12.3. The van der Waals surface area contributed by atoms with Gasteiger partial charge in [-0.15, -0.1) is 0 Å². The van der Waals surface area contributed by atoms with Gasteiger partial charge in [0.1, 0.15) is 5.56 Å². The molecular weight excluding hydrogens is 241 g/mol. The Bertz CT molecular complexity index is 505. The Morgan fingerprint density at radius 3 is 2.31 bits per heavy atom. The van der Waals surface area contributed by atoms with Gasteiger partial charge < -0.3 is 14.9 Å². The van der Waals surface area contributed by atoms with E-state index in [1.165, 1.54) is 0 Å². The Labute approximate surface area is 88.5 Å². The Morgan fingerprint density at radius 2 is 1.94 bits per heavy atom. The number of nitro groups is 1. The summed E-state index contributed by atoms with van der Waals surface area (Å²) in [6.45, 7) is 0. The van der Waals surface area contributed by atoms with Crippen LogP contribution in [0, 0.1) is 10.1 Å². The van der Waals surface area contributed by atoms with Crippen LogP contribution in [0.1, 0.15) is 10.4 Å². The average molecular weight is 247 g/mol. The number of carboxylic acids is 1. The molecular formula is C7H6NO7P. The molecule has 0 aliphatic carbocycles. The lowest BCUT2D eigenvalue weighted by atomic mass is 10.2. The van der Waals surface area contributed by atoms with Gasteiger partial charge in [0.25, 0.3) is 5.69 Å². The van der Waals surface area contributed by atoms with Gasteiger partial charge in [-0.1, -0.05) is 0 Å². The third kappa shape index (κ3) is 2.43. The van der Waals surface area contributed by atoms with E-state index in [1.54, 1.807) is 0 Å². The SMILES string of the molecule is O=C(O)c1cc(P(=O)(O)O)ccc1[N+](=O)[O-]. The van der Waals surface area contributed by atoms with Gasteiger partial charge in [-0.05, 0) is 12.1 Å². The van der Waals surface area contributed by atoms with Crippen LogP contribution in [-0.2, 0) is 4.57 Å². The first-order chi connectivity index (χ1) is 7.23. The Hall–Kier alpha value is -1.76. The average Bonchev–Trinajstić information content (AvgIpc) is 2.15. The minimum atomic E-state index is -4.62. The van der Waals surface area contributed by atoms with Crippen molar-refractivity contribution in [3.05, 3.63) is 33.9 Å². The molecule has 0 aliphatic heterocycles. The van der Waals surface area contributed by atoms with E-state index in [1.807, 2.05) is 0 Å². The molecule has 0 spiro atoms. The molecule has 1 rings (SSSR count). The van der Waals surface area contributed by atoms with Gasteiger partial charge in [0, 0.05) is 6.07 Å². The smallest absolute Gasteiger partial charge is 0.356 e. The number of benzene rings is 1. The highest BCUT2D eigenvalue weighted by Gasteiger charge is 2.25. The Kier molecular flexibility index (Phi) is 3.09. The molecule has 3 N–H and O–H groups in total. The molecule has 0 heterocycles. The summed E-state index contributed by atoms with van der Waals surface area (Å²) in [6.07, 6.45) is 0. The van der Waals surface area contributed by atoms with Crippen molar-refractivity contribution in [2.75, 3.05) is 0 Å². The molecule has 0 saturated heterocycles. The van der Waals surface area contributed by atoms with Gasteiger partial charge in [-0.2, -0.15) is 0 Å². The fraction of sp³-hybridized carbons (Fsp3) is 0. The van der Waals surface area contributed by atoms with Crippen LogP contribution in [0.3, 0.4) is 0 Å². The van der Waals surface area contributed by atoms with Crippen LogP contribution in [0.2, 0.25) is 0 Å². The van der Waals surface area contributed by atoms with Crippen molar-refractivity contribution in [2.24, 2.45) is 0 Å². The summed E-state index contributed by atoms with van der Waals surface area (Å²) in [6, 6.07) is 2.17. The van der Waals surface area contributed by atoms with Crippen LogP contribution in [0.25, 0.3) is 0 Å². The first-order valence-corrected chi connectivity index (χ1v) is 5.42. The van der Waals surface area contributed by atoms with Crippen molar-refractivity contribution < 1.29 is 29.2 Å². The summed E-state index contributed by atoms with van der Waals surface area (Å²) >= 11 is 0. The number of rotatable bonds is 3. The largest absolute Gasteiger partial charge is 0.477 e. The molecule has 0 aliphatic rings. The van der Waals surface area contributed by atoms with E-state index in [2.05, 4.69) is 0 Å². The lowest BCUT2D eigenvalue weighted by molar-refractivity contribution is -0.385. The zero-order chi connectivity index (χ0) is 12.5. The van der Waals surface area contributed by atoms with Crippen LogP contribution in [-0.4, -0.2) is 25.8 Å². The predicted molar refractivity (Wildman–Crippen MR) is 51.7 cm³/mol. The predicted octanol–water partition coefficient (Wildman–Crippen LogP) is 0.0960. The standard InChI is InChI=1S/C7H6NO7P/c9-7(10)5-3-4(16(13,14)15)1-2-6(5)8(11)12/h1-3H,(H,9,10)(H2,13,14,15). The molecule has 8 nitrogen and oxygen atoms in total. The minimum absolute atomic E-state index is 0.574. The van der Waals surface area contributed by atoms with Crippen LogP contribution < -0.4 is 5.30 Å². The molecule has 0 atom stereocenters. The van der Waals surface area contributed by atoms with Crippen molar-refractivity contribution in [1.29, 1.82) is 0 Å². The summed E-state index contributed by atoms with van der Waals surface area (Å²) in [5.74, 6) is -1.62. The van der Waals surface area contributed by atoms with Crippen molar-refractivity contribution >= 4 is 24.6 Å². The second-order valence-corrected chi connectivity index (χ2v) is 4.41. The molecule has 86 valence electrons. The number of hydrogen-bond donors (Lipinski definition) is 3. The minimum Gasteiger partial charge on any atom is -0.477 e. The first-order valence-electron chi connectivity index (χ1n) is 3.81. The topological polar surface area (TPSA) is 138 Å². The highest BCUT2D eigenvalue weighted by Crippen LogP contribution is 2.34. The third-order valence-electron chi connectivity index (χ3n) is 1.74. The molecule has 0 unspecified atom stereocenters. The molecule has 0 amide bonds. The van der Waals surface area contributed by atoms with Gasteiger partial charge in [-0.3, -0.25) is 14.7 Å². The quantitative estimate of drug-likeness (QED) is 0.391. The molecule has 0 aromatic heterocycles. The summed E-state index contributed by atoms with van der Waals surface area (Å²) in [5, 5.41) is 18.5. The van der Waals surface area contributed by atoms with Crippen molar-refractivity contribution in [3.63, 3.8) is 0 Å². The maximum atomic E-state index is 10.8.